The van der Waals surface area contributed by atoms with Crippen molar-refractivity contribution in [1.82, 2.24) is 0 Å². The maximum Gasteiger partial charge on any atom is 0.262 e. The van der Waals surface area contributed by atoms with Crippen molar-refractivity contribution in [3.05, 3.63) is 53.1 Å². The molecule has 0 atom stereocenters. The number of nitrogens with two attached hydrogens (primary N) is 1. The fraction of sp³-hybridized carbons (Fsp3) is 0.133. The highest BCUT2D eigenvalue weighted by Gasteiger charge is 2.10. The van der Waals surface area contributed by atoms with Crippen LogP contribution in [0.25, 0.3) is 0 Å². The van der Waals surface area contributed by atoms with E-state index in [1.165, 1.54) is 18.2 Å². The molecule has 2 aromatic carbocycles. The van der Waals surface area contributed by atoms with Crippen molar-refractivity contribution in [2.24, 2.45) is 5.14 Å². The number of sulfonamides is 1. The first-order valence-corrected chi connectivity index (χ1v) is 8.50. The molecule has 2 rings (SSSR count). The Hall–Kier alpha value is -2.09. The highest BCUT2D eigenvalue weighted by Crippen LogP contribution is 2.25. The third-order valence-corrected chi connectivity index (χ3v) is 4.12. The molecule has 2 aromatic rings. The fourth-order valence-electron chi connectivity index (χ4n) is 1.81. The normalized spacial score (nSPS) is 11.1. The Bertz CT molecular complexity index is 837. The molecule has 6 nitrogen and oxygen atoms in total. The number of carbonyl (C=O) groups is 1. The molecule has 0 heterocycles. The second kappa shape index (κ2) is 6.99. The molecular formula is C15H15ClN2O4S. The standard InChI is InChI=1S/C15H15ClN2O4S/c1-10-5-6-13(16)14(7-10)22-9-15(19)18-11-3-2-4-12(8-11)23(17,20)21/h2-8H,9H2,1H3,(H,18,19)(H2,17,20,21). The smallest absolute Gasteiger partial charge is 0.262 e. The summed E-state index contributed by atoms with van der Waals surface area (Å²) in [6.45, 7) is 1.62. The lowest BCUT2D eigenvalue weighted by Crippen LogP contribution is -2.20. The van der Waals surface area contributed by atoms with Gasteiger partial charge in [-0.05, 0) is 42.8 Å². The first kappa shape index (κ1) is 17.3. The molecular weight excluding hydrogens is 340 g/mol. The Kier molecular flexibility index (Phi) is 5.25. The molecule has 0 saturated heterocycles. The van der Waals surface area contributed by atoms with Crippen molar-refractivity contribution in [3.63, 3.8) is 0 Å². The van der Waals surface area contributed by atoms with E-state index in [1.54, 1.807) is 18.2 Å². The number of carbonyl (C=O) groups excluding carboxylic acids is 1. The van der Waals surface area contributed by atoms with Crippen LogP contribution in [0.3, 0.4) is 0 Å². The number of amides is 1. The van der Waals surface area contributed by atoms with E-state index < -0.39 is 15.9 Å². The first-order chi connectivity index (χ1) is 10.8. The fourth-order valence-corrected chi connectivity index (χ4v) is 2.54. The molecule has 122 valence electrons. The molecule has 1 amide bonds. The average Bonchev–Trinajstić information content (AvgIpc) is 2.47. The average molecular weight is 355 g/mol. The van der Waals surface area contributed by atoms with Crippen LogP contribution in [0.15, 0.2) is 47.4 Å². The zero-order valence-corrected chi connectivity index (χ0v) is 13.8. The van der Waals surface area contributed by atoms with Crippen LogP contribution in [0, 0.1) is 6.92 Å². The molecule has 0 radical (unpaired) electrons. The number of nitrogens with one attached hydrogen (secondary N) is 1. The molecule has 0 bridgehead atoms. The second-order valence-electron chi connectivity index (χ2n) is 4.84. The van der Waals surface area contributed by atoms with Crippen molar-refractivity contribution in [2.45, 2.75) is 11.8 Å². The number of anilines is 1. The largest absolute Gasteiger partial charge is 0.482 e. The lowest BCUT2D eigenvalue weighted by molar-refractivity contribution is -0.118. The molecule has 0 fully saturated rings. The molecule has 0 aliphatic carbocycles. The van der Waals surface area contributed by atoms with E-state index in [2.05, 4.69) is 5.32 Å². The Labute approximate surface area is 139 Å². The SMILES string of the molecule is Cc1ccc(Cl)c(OCC(=O)Nc2cccc(S(N)(=O)=O)c2)c1. The minimum absolute atomic E-state index is 0.0852. The van der Waals surface area contributed by atoms with Crippen LogP contribution in [0.5, 0.6) is 5.75 Å². The van der Waals surface area contributed by atoms with Gasteiger partial charge in [0, 0.05) is 5.69 Å². The Balaban J connectivity index is 2.01. The number of hydrogen-bond acceptors (Lipinski definition) is 4. The van der Waals surface area contributed by atoms with Crippen LogP contribution in [0.2, 0.25) is 5.02 Å². The number of primary sulfonamides is 1. The number of halogens is 1. The molecule has 0 aromatic heterocycles. The van der Waals surface area contributed by atoms with Crippen molar-refractivity contribution in [1.29, 1.82) is 0 Å². The highest BCUT2D eigenvalue weighted by molar-refractivity contribution is 7.89. The van der Waals surface area contributed by atoms with Gasteiger partial charge in [-0.15, -0.1) is 0 Å². The Morgan fingerprint density at radius 3 is 2.70 bits per heavy atom. The molecule has 3 N–H and O–H groups in total. The van der Waals surface area contributed by atoms with Gasteiger partial charge in [-0.2, -0.15) is 0 Å². The summed E-state index contributed by atoms with van der Waals surface area (Å²) in [6.07, 6.45) is 0. The third kappa shape index (κ3) is 4.95. The number of hydrogen-bond donors (Lipinski definition) is 2. The van der Waals surface area contributed by atoms with E-state index in [0.29, 0.717) is 16.5 Å². The Morgan fingerprint density at radius 1 is 1.26 bits per heavy atom. The predicted molar refractivity (Wildman–Crippen MR) is 88.1 cm³/mol. The van der Waals surface area contributed by atoms with Crippen molar-refractivity contribution >= 4 is 33.2 Å². The van der Waals surface area contributed by atoms with Gasteiger partial charge in [0.1, 0.15) is 5.75 Å². The van der Waals surface area contributed by atoms with Crippen LogP contribution in [-0.2, 0) is 14.8 Å². The summed E-state index contributed by atoms with van der Waals surface area (Å²) in [4.78, 5) is 11.8. The molecule has 0 unspecified atom stereocenters. The molecule has 0 saturated carbocycles. The number of benzene rings is 2. The molecule has 8 heteroatoms. The second-order valence-corrected chi connectivity index (χ2v) is 6.81. The van der Waals surface area contributed by atoms with Gasteiger partial charge in [0.25, 0.3) is 5.91 Å². The van der Waals surface area contributed by atoms with Crippen molar-refractivity contribution in [3.8, 4) is 5.75 Å². The summed E-state index contributed by atoms with van der Waals surface area (Å²) < 4.78 is 27.9. The van der Waals surface area contributed by atoms with Crippen LogP contribution < -0.4 is 15.2 Å². The van der Waals surface area contributed by atoms with Gasteiger partial charge in [-0.3, -0.25) is 4.79 Å². The van der Waals surface area contributed by atoms with Crippen LogP contribution in [0.1, 0.15) is 5.56 Å². The van der Waals surface area contributed by atoms with Gasteiger partial charge in [0.15, 0.2) is 6.61 Å². The zero-order valence-electron chi connectivity index (χ0n) is 12.2. The number of ether oxygens (including phenoxy) is 1. The Morgan fingerprint density at radius 2 is 2.00 bits per heavy atom. The molecule has 23 heavy (non-hydrogen) atoms. The van der Waals surface area contributed by atoms with Crippen LogP contribution >= 0.6 is 11.6 Å². The summed E-state index contributed by atoms with van der Waals surface area (Å²) in [5.74, 6) is -0.0470. The summed E-state index contributed by atoms with van der Waals surface area (Å²) in [7, 11) is -3.83. The van der Waals surface area contributed by atoms with Gasteiger partial charge in [-0.25, -0.2) is 13.6 Å². The van der Waals surface area contributed by atoms with E-state index in [1.807, 2.05) is 13.0 Å². The summed E-state index contributed by atoms with van der Waals surface area (Å²) >= 11 is 5.97. The third-order valence-electron chi connectivity index (χ3n) is 2.89. The minimum Gasteiger partial charge on any atom is -0.482 e. The van der Waals surface area contributed by atoms with Gasteiger partial charge < -0.3 is 10.1 Å². The monoisotopic (exact) mass is 354 g/mol. The van der Waals surface area contributed by atoms with Crippen LogP contribution in [0.4, 0.5) is 5.69 Å². The predicted octanol–water partition coefficient (Wildman–Crippen LogP) is 2.31. The van der Waals surface area contributed by atoms with Gasteiger partial charge in [0.05, 0.1) is 9.92 Å². The van der Waals surface area contributed by atoms with E-state index in [9.17, 15) is 13.2 Å². The van der Waals surface area contributed by atoms with E-state index >= 15 is 0 Å². The number of rotatable bonds is 5. The minimum atomic E-state index is -3.83. The first-order valence-electron chi connectivity index (χ1n) is 6.57. The maximum absolute atomic E-state index is 11.9. The summed E-state index contributed by atoms with van der Waals surface area (Å²) in [6, 6.07) is 10.9. The molecule has 0 aliphatic rings. The summed E-state index contributed by atoms with van der Waals surface area (Å²) in [5.41, 5.74) is 1.26. The lowest BCUT2D eigenvalue weighted by atomic mass is 10.2. The lowest BCUT2D eigenvalue weighted by Gasteiger charge is -2.10. The maximum atomic E-state index is 11.9. The van der Waals surface area contributed by atoms with E-state index in [4.69, 9.17) is 21.5 Å². The molecule has 0 aliphatic heterocycles. The summed E-state index contributed by atoms with van der Waals surface area (Å²) in [5, 5.41) is 7.98. The van der Waals surface area contributed by atoms with Crippen molar-refractivity contribution in [2.75, 3.05) is 11.9 Å². The van der Waals surface area contributed by atoms with Gasteiger partial charge in [-0.1, -0.05) is 23.7 Å². The van der Waals surface area contributed by atoms with Gasteiger partial charge in [0.2, 0.25) is 10.0 Å². The highest BCUT2D eigenvalue weighted by atomic mass is 35.5. The zero-order chi connectivity index (χ0) is 17.0. The van der Waals surface area contributed by atoms with E-state index in [0.717, 1.165) is 5.56 Å². The number of aryl methyl sites for hydroxylation is 1. The molecule has 0 spiro atoms. The van der Waals surface area contributed by atoms with Crippen LogP contribution in [-0.4, -0.2) is 20.9 Å². The quantitative estimate of drug-likeness (QED) is 0.860. The van der Waals surface area contributed by atoms with Gasteiger partial charge >= 0.3 is 0 Å². The van der Waals surface area contributed by atoms with E-state index in [-0.39, 0.29) is 11.5 Å². The van der Waals surface area contributed by atoms with Crippen molar-refractivity contribution < 1.29 is 17.9 Å². The topological polar surface area (TPSA) is 98.5 Å².